The second-order valence-electron chi connectivity index (χ2n) is 3.87. The molecule has 1 aliphatic rings. The minimum Gasteiger partial charge on any atom is -0.293 e. The van der Waals surface area contributed by atoms with Crippen LogP contribution >= 0.6 is 15.9 Å². The summed E-state index contributed by atoms with van der Waals surface area (Å²) in [6.45, 7) is 4.10. The predicted molar refractivity (Wildman–Crippen MR) is 59.1 cm³/mol. The van der Waals surface area contributed by atoms with Crippen LogP contribution in [0.1, 0.15) is 11.1 Å². The van der Waals surface area contributed by atoms with E-state index in [2.05, 4.69) is 46.0 Å². The van der Waals surface area contributed by atoms with E-state index in [-0.39, 0.29) is 0 Å². The van der Waals surface area contributed by atoms with E-state index in [9.17, 15) is 4.39 Å². The van der Waals surface area contributed by atoms with Gasteiger partial charge in [0.05, 0.1) is 0 Å². The maximum Gasteiger partial charge on any atom is 0.125 e. The molecule has 0 saturated carbocycles. The van der Waals surface area contributed by atoms with Gasteiger partial charge in [-0.2, -0.15) is 0 Å². The lowest BCUT2D eigenvalue weighted by atomic mass is 10.1. The van der Waals surface area contributed by atoms with Crippen molar-refractivity contribution < 1.29 is 4.39 Å². The summed E-state index contributed by atoms with van der Waals surface area (Å²) in [5.41, 5.74) is 2.48. The highest BCUT2D eigenvalue weighted by Gasteiger charge is 2.25. The van der Waals surface area contributed by atoms with Crippen LogP contribution < -0.4 is 0 Å². The Morgan fingerprint density at radius 1 is 1.50 bits per heavy atom. The highest BCUT2D eigenvalue weighted by molar-refractivity contribution is 9.10. The van der Waals surface area contributed by atoms with Crippen LogP contribution in [0.5, 0.6) is 0 Å². The molecule has 0 amide bonds. The lowest BCUT2D eigenvalue weighted by Gasteiger charge is -2.34. The smallest absolute Gasteiger partial charge is 0.125 e. The highest BCUT2D eigenvalue weighted by Crippen LogP contribution is 2.20. The Hall–Kier alpha value is -0.410. The molecule has 0 aliphatic carbocycles. The van der Waals surface area contributed by atoms with Crippen molar-refractivity contribution in [1.82, 2.24) is 4.90 Å². The van der Waals surface area contributed by atoms with Gasteiger partial charge in [0.25, 0.3) is 0 Å². The fourth-order valence-corrected chi connectivity index (χ4v) is 2.06. The summed E-state index contributed by atoms with van der Waals surface area (Å²) < 4.78 is 13.7. The molecule has 1 aliphatic heterocycles. The number of hydrogen-bond acceptors (Lipinski definition) is 1. The molecule has 1 aromatic carbocycles. The summed E-state index contributed by atoms with van der Waals surface area (Å²) in [6.07, 6.45) is -0.608. The van der Waals surface area contributed by atoms with Gasteiger partial charge in [0, 0.05) is 24.1 Å². The molecule has 0 aromatic heterocycles. The van der Waals surface area contributed by atoms with Crippen molar-refractivity contribution in [2.24, 2.45) is 0 Å². The first kappa shape index (κ1) is 10.1. The van der Waals surface area contributed by atoms with Gasteiger partial charge in [-0.15, -0.1) is 0 Å². The molecule has 1 nitrogen and oxygen atoms in total. The first-order valence-electron chi connectivity index (χ1n) is 4.76. The standard InChI is InChI=1S/C11H13BrFN/c1-8-2-3-9(4-11(8)12)5-14-6-10(13)7-14/h2-4,10H,5-7H2,1H3. The summed E-state index contributed by atoms with van der Waals surface area (Å²) in [5.74, 6) is 0. The van der Waals surface area contributed by atoms with E-state index in [4.69, 9.17) is 0 Å². The second-order valence-corrected chi connectivity index (χ2v) is 4.73. The van der Waals surface area contributed by atoms with Crippen molar-refractivity contribution >= 4 is 15.9 Å². The van der Waals surface area contributed by atoms with Gasteiger partial charge in [0.2, 0.25) is 0 Å². The van der Waals surface area contributed by atoms with Crippen LogP contribution in [0.4, 0.5) is 4.39 Å². The summed E-state index contributed by atoms with van der Waals surface area (Å²) in [6, 6.07) is 6.30. The largest absolute Gasteiger partial charge is 0.293 e. The zero-order chi connectivity index (χ0) is 10.1. The molecule has 3 heteroatoms. The first-order chi connectivity index (χ1) is 6.65. The van der Waals surface area contributed by atoms with Crippen LogP contribution in [0.25, 0.3) is 0 Å². The van der Waals surface area contributed by atoms with Gasteiger partial charge < -0.3 is 0 Å². The Balaban J connectivity index is 2.00. The average molecular weight is 258 g/mol. The van der Waals surface area contributed by atoms with Crippen LogP contribution in [-0.2, 0) is 6.54 Å². The number of alkyl halides is 1. The van der Waals surface area contributed by atoms with Crippen LogP contribution in [0, 0.1) is 6.92 Å². The number of hydrogen-bond donors (Lipinski definition) is 0. The van der Waals surface area contributed by atoms with E-state index in [1.54, 1.807) is 0 Å². The van der Waals surface area contributed by atoms with E-state index >= 15 is 0 Å². The fourth-order valence-electron chi connectivity index (χ4n) is 1.63. The number of aryl methyl sites for hydroxylation is 1. The molecular formula is C11H13BrFN. The predicted octanol–water partition coefficient (Wildman–Crippen LogP) is 2.91. The van der Waals surface area contributed by atoms with Crippen molar-refractivity contribution in [1.29, 1.82) is 0 Å². The van der Waals surface area contributed by atoms with Crippen molar-refractivity contribution in [2.75, 3.05) is 13.1 Å². The minimum absolute atomic E-state index is 0.589. The lowest BCUT2D eigenvalue weighted by Crippen LogP contribution is -2.47. The molecule has 14 heavy (non-hydrogen) atoms. The van der Waals surface area contributed by atoms with Crippen LogP contribution in [0.3, 0.4) is 0 Å². The molecule has 0 unspecified atom stereocenters. The van der Waals surface area contributed by atoms with Gasteiger partial charge in [0.1, 0.15) is 6.17 Å². The fraction of sp³-hybridized carbons (Fsp3) is 0.455. The Morgan fingerprint density at radius 3 is 2.79 bits per heavy atom. The Bertz CT molecular complexity index is 334. The SMILES string of the molecule is Cc1ccc(CN2CC(F)C2)cc1Br. The van der Waals surface area contributed by atoms with Crippen LogP contribution in [0.15, 0.2) is 22.7 Å². The number of nitrogens with zero attached hydrogens (tertiary/aromatic N) is 1. The van der Waals surface area contributed by atoms with E-state index in [1.807, 2.05) is 0 Å². The third-order valence-corrected chi connectivity index (χ3v) is 3.41. The summed E-state index contributed by atoms with van der Waals surface area (Å²) in [4.78, 5) is 2.11. The molecule has 0 atom stereocenters. The van der Waals surface area contributed by atoms with Crippen molar-refractivity contribution in [2.45, 2.75) is 19.6 Å². The second kappa shape index (κ2) is 3.99. The molecule has 76 valence electrons. The maximum atomic E-state index is 12.6. The molecule has 0 spiro atoms. The van der Waals surface area contributed by atoms with Gasteiger partial charge in [0.15, 0.2) is 0 Å². The monoisotopic (exact) mass is 257 g/mol. The van der Waals surface area contributed by atoms with Gasteiger partial charge in [-0.05, 0) is 24.1 Å². The molecule has 0 radical (unpaired) electrons. The molecule has 1 heterocycles. The summed E-state index contributed by atoms with van der Waals surface area (Å²) >= 11 is 3.50. The molecule has 1 saturated heterocycles. The van der Waals surface area contributed by atoms with Crippen molar-refractivity contribution in [3.8, 4) is 0 Å². The van der Waals surface area contributed by atoms with Crippen LogP contribution in [-0.4, -0.2) is 24.2 Å². The number of likely N-dealkylation sites (tertiary alicyclic amines) is 1. The third-order valence-electron chi connectivity index (χ3n) is 2.56. The molecule has 1 aromatic rings. The number of rotatable bonds is 2. The van der Waals surface area contributed by atoms with E-state index in [1.165, 1.54) is 11.1 Å². The molecule has 0 N–H and O–H groups in total. The van der Waals surface area contributed by atoms with Crippen molar-refractivity contribution in [3.63, 3.8) is 0 Å². The third kappa shape index (κ3) is 2.15. The Kier molecular flexibility index (Phi) is 2.88. The molecular weight excluding hydrogens is 245 g/mol. The normalized spacial score (nSPS) is 18.2. The number of benzene rings is 1. The maximum absolute atomic E-state index is 12.6. The summed E-state index contributed by atoms with van der Waals surface area (Å²) in [7, 11) is 0. The minimum atomic E-state index is -0.608. The number of halogens is 2. The summed E-state index contributed by atoms with van der Waals surface area (Å²) in [5, 5.41) is 0. The molecule has 0 bridgehead atoms. The Morgan fingerprint density at radius 2 is 2.21 bits per heavy atom. The van der Waals surface area contributed by atoms with Crippen molar-refractivity contribution in [3.05, 3.63) is 33.8 Å². The van der Waals surface area contributed by atoms with E-state index < -0.39 is 6.17 Å². The zero-order valence-corrected chi connectivity index (χ0v) is 9.72. The highest BCUT2D eigenvalue weighted by atomic mass is 79.9. The zero-order valence-electron chi connectivity index (χ0n) is 8.13. The quantitative estimate of drug-likeness (QED) is 0.788. The lowest BCUT2D eigenvalue weighted by molar-refractivity contribution is 0.0591. The van der Waals surface area contributed by atoms with E-state index in [0.717, 1.165) is 11.0 Å². The first-order valence-corrected chi connectivity index (χ1v) is 5.56. The molecule has 2 rings (SSSR count). The Labute approximate surface area is 92.0 Å². The topological polar surface area (TPSA) is 3.24 Å². The van der Waals surface area contributed by atoms with Gasteiger partial charge in [-0.3, -0.25) is 4.90 Å². The average Bonchev–Trinajstić information content (AvgIpc) is 2.09. The van der Waals surface area contributed by atoms with Gasteiger partial charge >= 0.3 is 0 Å². The van der Waals surface area contributed by atoms with Crippen LogP contribution in [0.2, 0.25) is 0 Å². The van der Waals surface area contributed by atoms with Gasteiger partial charge in [-0.1, -0.05) is 28.1 Å². The van der Waals surface area contributed by atoms with Gasteiger partial charge in [-0.25, -0.2) is 4.39 Å². The molecule has 1 fully saturated rings. The van der Waals surface area contributed by atoms with E-state index in [0.29, 0.717) is 13.1 Å².